The number of fused-ring (bicyclic) bond motifs is 1. The molecule has 4 aromatic rings. The molecule has 34 heavy (non-hydrogen) atoms. The number of hydrogen-bond donors (Lipinski definition) is 2. The Morgan fingerprint density at radius 1 is 1.00 bits per heavy atom. The fourth-order valence-electron chi connectivity index (χ4n) is 3.28. The minimum atomic E-state index is -0.441. The standard InChI is InChI=1S/C26H23N3O4S/c1-2-32-23-15-18(12-13-22(23)33-26(31)24-11-6-14-34-24)16-28-29-25(30)17-27-21-10-5-8-19-7-3-4-9-20(19)21/h3-16,27H,2,17H2,1H3,(H,29,30)/b28-16+. The summed E-state index contributed by atoms with van der Waals surface area (Å²) < 4.78 is 11.1. The lowest BCUT2D eigenvalue weighted by atomic mass is 10.1. The normalized spacial score (nSPS) is 10.9. The Labute approximate surface area is 201 Å². The van der Waals surface area contributed by atoms with Gasteiger partial charge in [-0.2, -0.15) is 5.10 Å². The SMILES string of the molecule is CCOc1cc(/C=N/NC(=O)CNc2cccc3ccccc23)ccc1OC(=O)c1cccs1. The molecule has 0 atom stereocenters. The zero-order valence-electron chi connectivity index (χ0n) is 18.5. The van der Waals surface area contributed by atoms with Crippen LogP contribution in [0.4, 0.5) is 5.69 Å². The molecule has 0 aliphatic carbocycles. The van der Waals surface area contributed by atoms with Crippen molar-refractivity contribution < 1.29 is 19.1 Å². The predicted molar refractivity (Wildman–Crippen MR) is 135 cm³/mol. The quantitative estimate of drug-likeness (QED) is 0.153. The second kappa shape index (κ2) is 11.1. The fraction of sp³-hybridized carbons (Fsp3) is 0.115. The molecule has 1 heterocycles. The maximum Gasteiger partial charge on any atom is 0.353 e. The van der Waals surface area contributed by atoms with Crippen LogP contribution in [-0.2, 0) is 4.79 Å². The van der Waals surface area contributed by atoms with Gasteiger partial charge in [-0.1, -0.05) is 42.5 Å². The maximum atomic E-state index is 12.3. The average molecular weight is 474 g/mol. The number of rotatable bonds is 9. The average Bonchev–Trinajstić information content (AvgIpc) is 3.40. The molecule has 8 heteroatoms. The van der Waals surface area contributed by atoms with Gasteiger partial charge in [-0.15, -0.1) is 11.3 Å². The number of ether oxygens (including phenoxy) is 2. The summed E-state index contributed by atoms with van der Waals surface area (Å²) >= 11 is 1.31. The van der Waals surface area contributed by atoms with Crippen LogP contribution in [0.15, 0.2) is 83.3 Å². The van der Waals surface area contributed by atoms with Crippen LogP contribution in [-0.4, -0.2) is 31.2 Å². The van der Waals surface area contributed by atoms with Crippen molar-refractivity contribution in [2.75, 3.05) is 18.5 Å². The molecule has 0 unspecified atom stereocenters. The van der Waals surface area contributed by atoms with E-state index >= 15 is 0 Å². The molecule has 0 spiro atoms. The minimum absolute atomic E-state index is 0.0765. The first-order valence-electron chi connectivity index (χ1n) is 10.7. The highest BCUT2D eigenvalue weighted by atomic mass is 32.1. The van der Waals surface area contributed by atoms with Gasteiger partial charge in [0.25, 0.3) is 5.91 Å². The lowest BCUT2D eigenvalue weighted by Gasteiger charge is -2.11. The van der Waals surface area contributed by atoms with E-state index in [1.54, 1.807) is 30.3 Å². The molecule has 0 radical (unpaired) electrons. The predicted octanol–water partition coefficient (Wildman–Crippen LogP) is 5.08. The number of carbonyl (C=O) groups is 2. The first kappa shape index (κ1) is 23.0. The van der Waals surface area contributed by atoms with Crippen molar-refractivity contribution in [3.63, 3.8) is 0 Å². The van der Waals surface area contributed by atoms with E-state index in [9.17, 15) is 9.59 Å². The second-order valence-electron chi connectivity index (χ2n) is 7.18. The molecule has 1 amide bonds. The topological polar surface area (TPSA) is 89.0 Å². The van der Waals surface area contributed by atoms with Crippen LogP contribution in [0.2, 0.25) is 0 Å². The van der Waals surface area contributed by atoms with Gasteiger partial charge in [-0.3, -0.25) is 4.79 Å². The lowest BCUT2D eigenvalue weighted by Crippen LogP contribution is -2.25. The first-order chi connectivity index (χ1) is 16.6. The van der Waals surface area contributed by atoms with E-state index in [1.165, 1.54) is 17.6 Å². The van der Waals surface area contributed by atoms with Crippen LogP contribution in [0.5, 0.6) is 11.5 Å². The van der Waals surface area contributed by atoms with E-state index in [-0.39, 0.29) is 12.5 Å². The summed E-state index contributed by atoms with van der Waals surface area (Å²) in [6, 6.07) is 22.4. The Bertz CT molecular complexity index is 1310. The second-order valence-corrected chi connectivity index (χ2v) is 8.13. The van der Waals surface area contributed by atoms with Crippen molar-refractivity contribution in [1.82, 2.24) is 5.43 Å². The Morgan fingerprint density at radius 3 is 2.68 bits per heavy atom. The number of thiophene rings is 1. The third kappa shape index (κ3) is 5.79. The van der Waals surface area contributed by atoms with E-state index in [1.807, 2.05) is 54.8 Å². The van der Waals surface area contributed by atoms with Gasteiger partial charge in [0.15, 0.2) is 11.5 Å². The Kier molecular flexibility index (Phi) is 7.52. The largest absolute Gasteiger partial charge is 0.490 e. The molecule has 0 aliphatic rings. The van der Waals surface area contributed by atoms with E-state index in [2.05, 4.69) is 15.8 Å². The van der Waals surface area contributed by atoms with Gasteiger partial charge in [0, 0.05) is 11.1 Å². The molecule has 172 valence electrons. The molecule has 2 N–H and O–H groups in total. The molecular formula is C26H23N3O4S. The Morgan fingerprint density at radius 2 is 1.85 bits per heavy atom. The number of anilines is 1. The van der Waals surface area contributed by atoms with Gasteiger partial charge in [-0.25, -0.2) is 10.2 Å². The smallest absolute Gasteiger partial charge is 0.353 e. The highest BCUT2D eigenvalue weighted by Gasteiger charge is 2.14. The molecule has 1 aromatic heterocycles. The van der Waals surface area contributed by atoms with Crippen LogP contribution >= 0.6 is 11.3 Å². The van der Waals surface area contributed by atoms with Crippen LogP contribution in [0.25, 0.3) is 10.8 Å². The summed E-state index contributed by atoms with van der Waals surface area (Å²) in [5, 5.41) is 11.1. The van der Waals surface area contributed by atoms with E-state index in [0.717, 1.165) is 16.5 Å². The monoisotopic (exact) mass is 473 g/mol. The van der Waals surface area contributed by atoms with E-state index < -0.39 is 5.97 Å². The van der Waals surface area contributed by atoms with Crippen LogP contribution in [0, 0.1) is 0 Å². The zero-order valence-corrected chi connectivity index (χ0v) is 19.3. The maximum absolute atomic E-state index is 12.3. The van der Waals surface area contributed by atoms with Crippen molar-refractivity contribution in [3.8, 4) is 11.5 Å². The number of benzene rings is 3. The van der Waals surface area contributed by atoms with Crippen LogP contribution in [0.1, 0.15) is 22.2 Å². The summed E-state index contributed by atoms with van der Waals surface area (Å²) in [7, 11) is 0. The number of hydrogen-bond acceptors (Lipinski definition) is 7. The third-order valence-corrected chi connectivity index (χ3v) is 5.67. The lowest BCUT2D eigenvalue weighted by molar-refractivity contribution is -0.119. The fourth-order valence-corrected chi connectivity index (χ4v) is 3.87. The van der Waals surface area contributed by atoms with Crippen molar-refractivity contribution in [3.05, 3.63) is 88.6 Å². The summed E-state index contributed by atoms with van der Waals surface area (Å²) in [5.41, 5.74) is 4.07. The van der Waals surface area contributed by atoms with Crippen LogP contribution in [0.3, 0.4) is 0 Å². The summed E-state index contributed by atoms with van der Waals surface area (Å²) in [5.74, 6) is 0.0140. The van der Waals surface area contributed by atoms with Gasteiger partial charge in [0.2, 0.25) is 0 Å². The number of nitrogens with one attached hydrogen (secondary N) is 2. The molecule has 3 aromatic carbocycles. The van der Waals surface area contributed by atoms with E-state index in [0.29, 0.717) is 28.5 Å². The molecular weight excluding hydrogens is 450 g/mol. The Balaban J connectivity index is 1.35. The van der Waals surface area contributed by atoms with Crippen molar-refractivity contribution in [2.45, 2.75) is 6.92 Å². The van der Waals surface area contributed by atoms with Gasteiger partial charge < -0.3 is 14.8 Å². The summed E-state index contributed by atoms with van der Waals surface area (Å²) in [4.78, 5) is 25.0. The zero-order chi connectivity index (χ0) is 23.8. The van der Waals surface area contributed by atoms with Crippen LogP contribution < -0.4 is 20.2 Å². The van der Waals surface area contributed by atoms with Gasteiger partial charge >= 0.3 is 5.97 Å². The number of hydrazone groups is 1. The molecule has 0 saturated carbocycles. The summed E-state index contributed by atoms with van der Waals surface area (Å²) in [6.45, 7) is 2.32. The number of carbonyl (C=O) groups excluding carboxylic acids is 2. The first-order valence-corrected chi connectivity index (χ1v) is 11.6. The van der Waals surface area contributed by atoms with Gasteiger partial charge in [0.1, 0.15) is 4.88 Å². The van der Waals surface area contributed by atoms with Gasteiger partial charge in [-0.05, 0) is 53.6 Å². The highest BCUT2D eigenvalue weighted by molar-refractivity contribution is 7.12. The Hall–Kier alpha value is -4.17. The number of esters is 1. The highest BCUT2D eigenvalue weighted by Crippen LogP contribution is 2.29. The number of amides is 1. The number of nitrogens with zero attached hydrogens (tertiary/aromatic N) is 1. The molecule has 0 aliphatic heterocycles. The minimum Gasteiger partial charge on any atom is -0.490 e. The third-order valence-electron chi connectivity index (χ3n) is 4.82. The van der Waals surface area contributed by atoms with Gasteiger partial charge in [0.05, 0.1) is 19.4 Å². The summed E-state index contributed by atoms with van der Waals surface area (Å²) in [6.07, 6.45) is 1.50. The molecule has 0 saturated heterocycles. The van der Waals surface area contributed by atoms with E-state index in [4.69, 9.17) is 9.47 Å². The molecule has 0 fully saturated rings. The van der Waals surface area contributed by atoms with Crippen molar-refractivity contribution in [2.24, 2.45) is 5.10 Å². The van der Waals surface area contributed by atoms with Crippen molar-refractivity contribution in [1.29, 1.82) is 0 Å². The molecule has 7 nitrogen and oxygen atoms in total. The van der Waals surface area contributed by atoms with Crippen molar-refractivity contribution >= 4 is 45.9 Å². The molecule has 0 bridgehead atoms. The molecule has 4 rings (SSSR count).